The highest BCUT2D eigenvalue weighted by Crippen LogP contribution is 2.34. The van der Waals surface area contributed by atoms with Crippen molar-refractivity contribution in [2.45, 2.75) is 196 Å². The van der Waals surface area contributed by atoms with Crippen LogP contribution in [0, 0.1) is 11.8 Å². The molecule has 0 aromatic carbocycles. The highest BCUT2D eigenvalue weighted by atomic mass is 28.3. The minimum atomic E-state index is -1.88. The van der Waals surface area contributed by atoms with Gasteiger partial charge in [0.2, 0.25) is 0 Å². The van der Waals surface area contributed by atoms with Crippen molar-refractivity contribution in [3.63, 3.8) is 0 Å². The van der Waals surface area contributed by atoms with Gasteiger partial charge in [-0.15, -0.1) is 0 Å². The van der Waals surface area contributed by atoms with Crippen molar-refractivity contribution in [2.24, 2.45) is 11.8 Å². The van der Waals surface area contributed by atoms with Crippen LogP contribution in [0.2, 0.25) is 44.8 Å². The fourth-order valence-electron chi connectivity index (χ4n) is 6.64. The van der Waals surface area contributed by atoms with Crippen LogP contribution in [0.4, 0.5) is 0 Å². The van der Waals surface area contributed by atoms with E-state index in [9.17, 15) is 0 Å². The predicted molar refractivity (Wildman–Crippen MR) is 211 cm³/mol. The lowest BCUT2D eigenvalue weighted by Crippen LogP contribution is -2.64. The van der Waals surface area contributed by atoms with Crippen LogP contribution >= 0.6 is 0 Å². The van der Waals surface area contributed by atoms with Gasteiger partial charge < -0.3 is 14.4 Å². The van der Waals surface area contributed by atoms with Crippen LogP contribution in [-0.2, 0) is 9.47 Å². The molecule has 0 aromatic heterocycles. The second kappa shape index (κ2) is 17.9. The third kappa shape index (κ3) is 13.0. The fourth-order valence-corrected chi connectivity index (χ4v) is 14.4. The Morgan fingerprint density at radius 1 is 0.711 bits per heavy atom. The van der Waals surface area contributed by atoms with Gasteiger partial charge in [0.25, 0.3) is 0 Å². The molecule has 5 unspecified atom stereocenters. The molecule has 0 spiro atoms. The predicted octanol–water partition coefficient (Wildman–Crippen LogP) is 9.63. The summed E-state index contributed by atoms with van der Waals surface area (Å²) in [6.07, 6.45) is 4.49. The van der Waals surface area contributed by atoms with Crippen molar-refractivity contribution >= 4 is 24.2 Å². The third-order valence-electron chi connectivity index (χ3n) is 12.7. The Kier molecular flexibility index (Phi) is 18.1. The summed E-state index contributed by atoms with van der Waals surface area (Å²) in [6.45, 7) is 52.6. The van der Waals surface area contributed by atoms with E-state index in [1.54, 1.807) is 0 Å². The molecule has 0 aliphatic carbocycles. The Bertz CT molecular complexity index is 849. The van der Waals surface area contributed by atoms with Gasteiger partial charge in [0.05, 0.1) is 24.7 Å². The van der Waals surface area contributed by atoms with Gasteiger partial charge in [-0.25, -0.2) is 0 Å². The van der Waals surface area contributed by atoms with Gasteiger partial charge in [0.15, 0.2) is 0 Å². The van der Waals surface area contributed by atoms with Crippen LogP contribution in [0.3, 0.4) is 0 Å². The molecule has 0 aliphatic rings. The summed E-state index contributed by atoms with van der Waals surface area (Å²) in [7, 11) is -5.23. The maximum absolute atomic E-state index is 7.07. The highest BCUT2D eigenvalue weighted by Gasteiger charge is 2.48. The van der Waals surface area contributed by atoms with E-state index >= 15 is 0 Å². The van der Waals surface area contributed by atoms with E-state index in [2.05, 4.69) is 159 Å². The molecule has 0 amide bonds. The number of hydrogen-bond acceptors (Lipinski definition) is 5. The maximum atomic E-state index is 7.07. The molecule has 0 saturated carbocycles. The van der Waals surface area contributed by atoms with Gasteiger partial charge in [-0.3, -0.25) is 10.2 Å². The van der Waals surface area contributed by atoms with Crippen molar-refractivity contribution in [3.8, 4) is 0 Å². The maximum Gasteiger partial charge on any atom is 0.114 e. The van der Waals surface area contributed by atoms with Gasteiger partial charge in [0.1, 0.15) is 16.1 Å². The molecule has 5 nitrogen and oxygen atoms in total. The lowest BCUT2D eigenvalue weighted by Gasteiger charge is -2.49. The molecule has 45 heavy (non-hydrogen) atoms. The summed E-state index contributed by atoms with van der Waals surface area (Å²) >= 11 is 0. The van der Waals surface area contributed by atoms with Gasteiger partial charge in [-0.2, -0.15) is 0 Å². The normalized spacial score (nSPS) is 18.4. The lowest BCUT2D eigenvalue weighted by atomic mass is 9.87. The molecule has 272 valence electrons. The first-order chi connectivity index (χ1) is 20.2. The van der Waals surface area contributed by atoms with E-state index in [0.29, 0.717) is 30.1 Å². The van der Waals surface area contributed by atoms with Gasteiger partial charge in [-0.1, -0.05) is 93.7 Å². The summed E-state index contributed by atoms with van der Waals surface area (Å²) < 4.78 is 14.1. The number of ether oxygens (including phenoxy) is 2. The van der Waals surface area contributed by atoms with Crippen LogP contribution in [0.15, 0.2) is 0 Å². The van der Waals surface area contributed by atoms with E-state index in [0.717, 1.165) is 25.5 Å². The van der Waals surface area contributed by atoms with Crippen LogP contribution in [0.1, 0.15) is 117 Å². The standard InChI is InChI=1S/C37H85N3O2Si3/c1-22-31(7)35(11,12)38-34(10)40(24-3)32(8)26-43(17,18)28-41-36(13,14)44(19,20)29-42-37(15,16)45(21,25-4)27-39(23-2)33(9)30(5)6/h30-34,38H,22-29H2,1-21H3. The number of rotatable bonds is 23. The molecular weight excluding hydrogens is 603 g/mol. The van der Waals surface area contributed by atoms with E-state index in [4.69, 9.17) is 9.47 Å². The SMILES string of the molecule is CCC(C)C(C)(C)NC(C)N(CC)C(C)C[Si](C)(C)COC(C)(C)[Si](C)(C)COC(C)(C)[Si](C)(CC)CN(CC)C(C)C(C)C. The largest absolute Gasteiger partial charge is 0.382 e. The molecular formula is C37H85N3O2Si3. The van der Waals surface area contributed by atoms with Crippen LogP contribution in [0.25, 0.3) is 0 Å². The van der Waals surface area contributed by atoms with E-state index in [1.165, 1.54) is 24.7 Å². The Morgan fingerprint density at radius 3 is 1.64 bits per heavy atom. The Labute approximate surface area is 287 Å². The smallest absolute Gasteiger partial charge is 0.114 e. The molecule has 0 radical (unpaired) electrons. The van der Waals surface area contributed by atoms with Gasteiger partial charge >= 0.3 is 0 Å². The Balaban J connectivity index is 5.54. The van der Waals surface area contributed by atoms with Gasteiger partial charge in [0, 0.05) is 30.1 Å². The molecule has 1 N–H and O–H groups in total. The number of nitrogens with one attached hydrogen (secondary N) is 1. The third-order valence-corrected chi connectivity index (χ3v) is 25.3. The van der Waals surface area contributed by atoms with Crippen molar-refractivity contribution in [2.75, 3.05) is 31.7 Å². The van der Waals surface area contributed by atoms with Gasteiger partial charge in [-0.05, 0) is 99.5 Å². The van der Waals surface area contributed by atoms with Crippen LogP contribution < -0.4 is 5.32 Å². The number of nitrogens with zero attached hydrogens (tertiary/aromatic N) is 2. The van der Waals surface area contributed by atoms with Crippen molar-refractivity contribution in [1.29, 1.82) is 0 Å². The fraction of sp³-hybridized carbons (Fsp3) is 1.00. The minimum absolute atomic E-state index is 0.0898. The van der Waals surface area contributed by atoms with Crippen LogP contribution in [-0.4, -0.2) is 100.0 Å². The Hall–Kier alpha value is 0.451. The average molecular weight is 688 g/mol. The molecule has 0 aliphatic heterocycles. The zero-order valence-corrected chi connectivity index (χ0v) is 37.8. The number of hydrogen-bond donors (Lipinski definition) is 1. The molecule has 0 aromatic rings. The van der Waals surface area contributed by atoms with E-state index in [-0.39, 0.29) is 16.0 Å². The molecule has 0 fully saturated rings. The van der Waals surface area contributed by atoms with Crippen molar-refractivity contribution < 1.29 is 9.47 Å². The lowest BCUT2D eigenvalue weighted by molar-refractivity contribution is 0.0344. The van der Waals surface area contributed by atoms with E-state index in [1.807, 2.05) is 0 Å². The van der Waals surface area contributed by atoms with Crippen LogP contribution in [0.5, 0.6) is 0 Å². The summed E-state index contributed by atoms with van der Waals surface area (Å²) in [5.74, 6) is 1.30. The monoisotopic (exact) mass is 688 g/mol. The van der Waals surface area contributed by atoms with Crippen molar-refractivity contribution in [3.05, 3.63) is 0 Å². The first kappa shape index (κ1) is 45.5. The summed E-state index contributed by atoms with van der Waals surface area (Å²) in [5.41, 5.74) is 0.118. The molecule has 0 rings (SSSR count). The zero-order valence-electron chi connectivity index (χ0n) is 34.8. The molecule has 0 bridgehead atoms. The second-order valence-electron chi connectivity index (χ2n) is 18.3. The van der Waals surface area contributed by atoms with E-state index < -0.39 is 24.2 Å². The molecule has 0 saturated heterocycles. The quantitative estimate of drug-likeness (QED) is 0.0855. The summed E-state index contributed by atoms with van der Waals surface area (Å²) in [5, 5.41) is 3.73. The zero-order chi connectivity index (χ0) is 35.8. The first-order valence-corrected chi connectivity index (χ1v) is 28.3. The second-order valence-corrected chi connectivity index (χ2v) is 34.0. The Morgan fingerprint density at radius 2 is 1.22 bits per heavy atom. The first-order valence-electron chi connectivity index (χ1n) is 18.7. The topological polar surface area (TPSA) is 37.0 Å². The van der Waals surface area contributed by atoms with Crippen molar-refractivity contribution in [1.82, 2.24) is 15.1 Å². The molecule has 5 atom stereocenters. The molecule has 0 heterocycles. The summed E-state index contributed by atoms with van der Waals surface area (Å²) in [6, 6.07) is 3.59. The minimum Gasteiger partial charge on any atom is -0.382 e. The summed E-state index contributed by atoms with van der Waals surface area (Å²) in [4.78, 5) is 5.38. The molecule has 8 heteroatoms. The highest BCUT2D eigenvalue weighted by molar-refractivity contribution is 6.82. The average Bonchev–Trinajstić information content (AvgIpc) is 2.92.